The molecule has 0 unspecified atom stereocenters. The van der Waals surface area contributed by atoms with Crippen molar-refractivity contribution >= 4 is 28.1 Å². The van der Waals surface area contributed by atoms with Gasteiger partial charge in [0.25, 0.3) is 0 Å². The number of carbonyl (C=O) groups excluding carboxylic acids is 1. The highest BCUT2D eigenvalue weighted by Gasteiger charge is 2.36. The third kappa shape index (κ3) is 4.75. The molecule has 3 aromatic rings. The number of aryl methyl sites for hydroxylation is 2. The molecule has 0 aliphatic carbocycles. The van der Waals surface area contributed by atoms with Crippen molar-refractivity contribution in [2.24, 2.45) is 0 Å². The van der Waals surface area contributed by atoms with Crippen LogP contribution in [0.3, 0.4) is 0 Å². The monoisotopic (exact) mass is 437 g/mol. The number of ether oxygens (including phenoxy) is 1. The summed E-state index contributed by atoms with van der Waals surface area (Å²) in [5, 5.41) is 11.9. The highest BCUT2D eigenvalue weighted by atomic mass is 32.1. The van der Waals surface area contributed by atoms with Crippen LogP contribution >= 0.6 is 11.3 Å². The minimum Gasteiger partial charge on any atom is -0.368 e. The standard InChI is InChI=1S/C23H27N5O2S/c1-15-5-7-17(8-6-15)23(3,4)21(29)28-9-10-30-20(13-28)19-12-18(11-16(2)25-19)26-22-27-24-14-31-22/h5-8,11-12,14,20H,9-10,13H2,1-4H3,(H,25,26,27)/t20-/m1/s1. The van der Waals surface area contributed by atoms with E-state index in [0.29, 0.717) is 19.7 Å². The molecule has 1 aliphatic rings. The first-order chi connectivity index (χ1) is 14.8. The predicted octanol–water partition coefficient (Wildman–Crippen LogP) is 4.17. The van der Waals surface area contributed by atoms with Gasteiger partial charge in [0, 0.05) is 17.9 Å². The van der Waals surface area contributed by atoms with E-state index in [2.05, 4.69) is 32.6 Å². The Kier molecular flexibility index (Phi) is 6.02. The molecule has 7 nitrogen and oxygen atoms in total. The second-order valence-electron chi connectivity index (χ2n) is 8.39. The van der Waals surface area contributed by atoms with E-state index in [0.717, 1.165) is 27.8 Å². The fourth-order valence-electron chi connectivity index (χ4n) is 3.78. The zero-order valence-electron chi connectivity index (χ0n) is 18.3. The minimum atomic E-state index is -0.611. The van der Waals surface area contributed by atoms with Crippen LogP contribution in [0.5, 0.6) is 0 Å². The average Bonchev–Trinajstić information content (AvgIpc) is 3.26. The van der Waals surface area contributed by atoms with Crippen LogP contribution in [0.2, 0.25) is 0 Å². The van der Waals surface area contributed by atoms with Crippen molar-refractivity contribution in [3.8, 4) is 0 Å². The van der Waals surface area contributed by atoms with Crippen molar-refractivity contribution in [1.29, 1.82) is 0 Å². The Balaban J connectivity index is 1.52. The van der Waals surface area contributed by atoms with Crippen molar-refractivity contribution in [1.82, 2.24) is 20.1 Å². The zero-order chi connectivity index (χ0) is 22.0. The Labute approximate surface area is 186 Å². The van der Waals surface area contributed by atoms with Crippen molar-refractivity contribution in [2.75, 3.05) is 25.0 Å². The van der Waals surface area contributed by atoms with Gasteiger partial charge in [0.15, 0.2) is 0 Å². The van der Waals surface area contributed by atoms with Gasteiger partial charge in [-0.1, -0.05) is 41.2 Å². The summed E-state index contributed by atoms with van der Waals surface area (Å²) in [6.45, 7) is 9.50. The number of amides is 1. The summed E-state index contributed by atoms with van der Waals surface area (Å²) in [6, 6.07) is 12.1. The highest BCUT2D eigenvalue weighted by Crippen LogP contribution is 2.30. The Morgan fingerprint density at radius 3 is 2.71 bits per heavy atom. The lowest BCUT2D eigenvalue weighted by Crippen LogP contribution is -2.49. The molecule has 1 aliphatic heterocycles. The van der Waals surface area contributed by atoms with Crippen LogP contribution in [0.25, 0.3) is 0 Å². The minimum absolute atomic E-state index is 0.101. The molecule has 8 heteroatoms. The number of aromatic nitrogens is 3. The molecule has 0 spiro atoms. The number of carbonyl (C=O) groups is 1. The third-order valence-electron chi connectivity index (χ3n) is 5.58. The second-order valence-corrected chi connectivity index (χ2v) is 9.23. The SMILES string of the molecule is Cc1ccc(C(C)(C)C(=O)N2CCO[C@@H](c3cc(Nc4nncs4)cc(C)n3)C2)cc1. The van der Waals surface area contributed by atoms with E-state index in [1.165, 1.54) is 16.9 Å². The molecule has 1 N–H and O–H groups in total. The van der Waals surface area contributed by atoms with Gasteiger partial charge in [0.2, 0.25) is 11.0 Å². The van der Waals surface area contributed by atoms with Crippen LogP contribution in [0.1, 0.15) is 42.5 Å². The summed E-state index contributed by atoms with van der Waals surface area (Å²) >= 11 is 1.43. The van der Waals surface area contributed by atoms with Gasteiger partial charge < -0.3 is 15.0 Å². The third-order valence-corrected chi connectivity index (χ3v) is 6.18. The number of nitrogens with one attached hydrogen (secondary N) is 1. The maximum absolute atomic E-state index is 13.5. The first-order valence-corrected chi connectivity index (χ1v) is 11.2. The lowest BCUT2D eigenvalue weighted by atomic mass is 9.82. The number of hydrogen-bond donors (Lipinski definition) is 1. The maximum atomic E-state index is 13.5. The number of benzene rings is 1. The fraction of sp³-hybridized carbons (Fsp3) is 0.391. The van der Waals surface area contributed by atoms with E-state index in [1.807, 2.05) is 56.9 Å². The summed E-state index contributed by atoms with van der Waals surface area (Å²) in [6.07, 6.45) is -0.276. The smallest absolute Gasteiger partial charge is 0.232 e. The molecule has 31 heavy (non-hydrogen) atoms. The molecule has 0 bridgehead atoms. The second kappa shape index (κ2) is 8.72. The lowest BCUT2D eigenvalue weighted by molar-refractivity contribution is -0.144. The number of hydrogen-bond acceptors (Lipinski definition) is 7. The molecule has 1 fully saturated rings. The fourth-order valence-corrected chi connectivity index (χ4v) is 4.25. The lowest BCUT2D eigenvalue weighted by Gasteiger charge is -2.37. The molecule has 162 valence electrons. The van der Waals surface area contributed by atoms with Crippen LogP contribution in [0.4, 0.5) is 10.8 Å². The average molecular weight is 438 g/mol. The molecular weight excluding hydrogens is 410 g/mol. The molecular formula is C23H27N5O2S. The first-order valence-electron chi connectivity index (χ1n) is 10.3. The Hall–Kier alpha value is -2.84. The molecule has 0 saturated carbocycles. The summed E-state index contributed by atoms with van der Waals surface area (Å²) in [5.74, 6) is 0.101. The number of morpholine rings is 1. The van der Waals surface area contributed by atoms with Crippen molar-refractivity contribution in [3.63, 3.8) is 0 Å². The Bertz CT molecular complexity index is 1050. The number of nitrogens with zero attached hydrogens (tertiary/aromatic N) is 4. The molecule has 0 radical (unpaired) electrons. The van der Waals surface area contributed by atoms with Gasteiger partial charge in [-0.05, 0) is 45.4 Å². The van der Waals surface area contributed by atoms with E-state index < -0.39 is 5.41 Å². The van der Waals surface area contributed by atoms with Crippen LogP contribution in [0, 0.1) is 13.8 Å². The van der Waals surface area contributed by atoms with Crippen molar-refractivity contribution in [2.45, 2.75) is 39.2 Å². The normalized spacial score (nSPS) is 16.9. The van der Waals surface area contributed by atoms with E-state index >= 15 is 0 Å². The Morgan fingerprint density at radius 1 is 1.23 bits per heavy atom. The van der Waals surface area contributed by atoms with Gasteiger partial charge in [-0.15, -0.1) is 10.2 Å². The number of anilines is 2. The van der Waals surface area contributed by atoms with Gasteiger partial charge in [0.1, 0.15) is 11.6 Å². The molecule has 2 aromatic heterocycles. The van der Waals surface area contributed by atoms with Crippen LogP contribution in [0.15, 0.2) is 41.9 Å². The largest absolute Gasteiger partial charge is 0.368 e. The number of rotatable bonds is 5. The Morgan fingerprint density at radius 2 is 2.00 bits per heavy atom. The quantitative estimate of drug-likeness (QED) is 0.645. The van der Waals surface area contributed by atoms with E-state index in [1.54, 1.807) is 5.51 Å². The van der Waals surface area contributed by atoms with Crippen LogP contribution in [-0.4, -0.2) is 45.7 Å². The molecule has 1 saturated heterocycles. The van der Waals surface area contributed by atoms with E-state index in [-0.39, 0.29) is 12.0 Å². The summed E-state index contributed by atoms with van der Waals surface area (Å²) in [5.41, 5.74) is 5.83. The summed E-state index contributed by atoms with van der Waals surface area (Å²) in [4.78, 5) is 20.0. The molecule has 1 atom stereocenters. The number of pyridine rings is 1. The van der Waals surface area contributed by atoms with E-state index in [4.69, 9.17) is 4.74 Å². The van der Waals surface area contributed by atoms with Crippen LogP contribution < -0.4 is 5.32 Å². The van der Waals surface area contributed by atoms with Gasteiger partial charge >= 0.3 is 0 Å². The molecule has 1 aromatic carbocycles. The van der Waals surface area contributed by atoms with Gasteiger partial charge in [-0.3, -0.25) is 9.78 Å². The highest BCUT2D eigenvalue weighted by molar-refractivity contribution is 7.13. The summed E-state index contributed by atoms with van der Waals surface area (Å²) in [7, 11) is 0. The predicted molar refractivity (Wildman–Crippen MR) is 122 cm³/mol. The molecule has 3 heterocycles. The van der Waals surface area contributed by atoms with Crippen molar-refractivity contribution < 1.29 is 9.53 Å². The van der Waals surface area contributed by atoms with Gasteiger partial charge in [-0.2, -0.15) is 0 Å². The van der Waals surface area contributed by atoms with E-state index in [9.17, 15) is 4.79 Å². The van der Waals surface area contributed by atoms with Crippen LogP contribution in [-0.2, 0) is 14.9 Å². The van der Waals surface area contributed by atoms with Crippen molar-refractivity contribution in [3.05, 3.63) is 64.4 Å². The first kappa shape index (κ1) is 21.4. The topological polar surface area (TPSA) is 80.2 Å². The van der Waals surface area contributed by atoms with Gasteiger partial charge in [0.05, 0.1) is 24.3 Å². The summed E-state index contributed by atoms with van der Waals surface area (Å²) < 4.78 is 6.01. The van der Waals surface area contributed by atoms with Gasteiger partial charge in [-0.25, -0.2) is 0 Å². The zero-order valence-corrected chi connectivity index (χ0v) is 19.1. The maximum Gasteiger partial charge on any atom is 0.232 e. The molecule has 4 rings (SSSR count). The molecule has 1 amide bonds.